The first-order chi connectivity index (χ1) is 13.0. The highest BCUT2D eigenvalue weighted by atomic mass is 16.6. The lowest BCUT2D eigenvalue weighted by Crippen LogP contribution is -2.10. The first-order valence-electron chi connectivity index (χ1n) is 7.92. The van der Waals surface area contributed by atoms with E-state index in [4.69, 9.17) is 4.74 Å². The van der Waals surface area contributed by atoms with E-state index in [9.17, 15) is 20.2 Å². The summed E-state index contributed by atoms with van der Waals surface area (Å²) in [5, 5.41) is 21.8. The third-order valence-corrected chi connectivity index (χ3v) is 3.97. The minimum Gasteiger partial charge on any atom is -0.497 e. The van der Waals surface area contributed by atoms with Gasteiger partial charge in [0.05, 0.1) is 17.0 Å². The van der Waals surface area contributed by atoms with Gasteiger partial charge in [-0.3, -0.25) is 20.2 Å². The van der Waals surface area contributed by atoms with Gasteiger partial charge in [-0.2, -0.15) is 0 Å². The van der Waals surface area contributed by atoms with Crippen LogP contribution in [-0.4, -0.2) is 17.0 Å². The van der Waals surface area contributed by atoms with Gasteiger partial charge in [0, 0.05) is 41.3 Å². The molecule has 3 aromatic carbocycles. The molecule has 0 bridgehead atoms. The van der Waals surface area contributed by atoms with Crippen molar-refractivity contribution in [1.82, 2.24) is 0 Å². The van der Waals surface area contributed by atoms with Crippen molar-refractivity contribution >= 4 is 28.4 Å². The number of nitrogens with zero attached hydrogens (tertiary/aromatic N) is 3. The molecule has 136 valence electrons. The van der Waals surface area contributed by atoms with E-state index in [-0.39, 0.29) is 11.4 Å². The Kier molecular flexibility index (Phi) is 4.98. The molecule has 0 N–H and O–H groups in total. The maximum absolute atomic E-state index is 10.9. The number of rotatable bonds is 6. The van der Waals surface area contributed by atoms with Crippen molar-refractivity contribution in [3.05, 3.63) is 93.0 Å². The van der Waals surface area contributed by atoms with E-state index in [1.54, 1.807) is 43.5 Å². The van der Waals surface area contributed by atoms with Crippen LogP contribution in [0.25, 0.3) is 0 Å². The summed E-state index contributed by atoms with van der Waals surface area (Å²) >= 11 is 0. The molecule has 0 atom stereocenters. The molecule has 0 amide bonds. The van der Waals surface area contributed by atoms with Crippen LogP contribution in [0.1, 0.15) is 0 Å². The highest BCUT2D eigenvalue weighted by Gasteiger charge is 2.15. The molecular formula is C19H15N3O5. The Morgan fingerprint density at radius 2 is 1.00 bits per heavy atom. The number of nitro groups is 2. The van der Waals surface area contributed by atoms with Crippen molar-refractivity contribution in [2.75, 3.05) is 12.0 Å². The minimum absolute atomic E-state index is 0.0165. The molecule has 8 nitrogen and oxygen atoms in total. The molecule has 0 spiro atoms. The molecule has 0 radical (unpaired) electrons. The van der Waals surface area contributed by atoms with Crippen molar-refractivity contribution in [3.8, 4) is 5.75 Å². The highest BCUT2D eigenvalue weighted by Crippen LogP contribution is 2.36. The Morgan fingerprint density at radius 3 is 1.30 bits per heavy atom. The molecule has 3 aromatic rings. The van der Waals surface area contributed by atoms with E-state index in [1.165, 1.54) is 24.3 Å². The Labute approximate surface area is 154 Å². The van der Waals surface area contributed by atoms with E-state index in [2.05, 4.69) is 0 Å². The Balaban J connectivity index is 2.07. The van der Waals surface area contributed by atoms with Crippen LogP contribution >= 0.6 is 0 Å². The Hall–Kier alpha value is -3.94. The quantitative estimate of drug-likeness (QED) is 0.451. The number of methoxy groups -OCH3 is 1. The molecule has 0 aliphatic carbocycles. The fraction of sp³-hybridized carbons (Fsp3) is 0.0526. The largest absolute Gasteiger partial charge is 0.497 e. The fourth-order valence-electron chi connectivity index (χ4n) is 2.63. The van der Waals surface area contributed by atoms with Crippen molar-refractivity contribution in [3.63, 3.8) is 0 Å². The molecule has 0 saturated carbocycles. The predicted octanol–water partition coefficient (Wildman–Crippen LogP) is 4.98. The molecule has 0 saturated heterocycles. The summed E-state index contributed by atoms with van der Waals surface area (Å²) in [6, 6.07) is 19.4. The van der Waals surface area contributed by atoms with Crippen LogP contribution in [0, 0.1) is 20.2 Å². The van der Waals surface area contributed by atoms with Gasteiger partial charge in [-0.1, -0.05) is 0 Å². The number of nitro benzene ring substituents is 2. The van der Waals surface area contributed by atoms with Crippen LogP contribution in [0.15, 0.2) is 72.8 Å². The minimum atomic E-state index is -0.465. The normalized spacial score (nSPS) is 10.3. The molecule has 0 fully saturated rings. The lowest BCUT2D eigenvalue weighted by atomic mass is 10.1. The van der Waals surface area contributed by atoms with E-state index in [0.717, 1.165) is 5.69 Å². The third-order valence-electron chi connectivity index (χ3n) is 3.97. The molecule has 3 rings (SSSR count). The summed E-state index contributed by atoms with van der Waals surface area (Å²) < 4.78 is 5.18. The highest BCUT2D eigenvalue weighted by molar-refractivity contribution is 5.77. The van der Waals surface area contributed by atoms with E-state index >= 15 is 0 Å². The molecular weight excluding hydrogens is 350 g/mol. The summed E-state index contributed by atoms with van der Waals surface area (Å²) in [5.41, 5.74) is 2.10. The summed E-state index contributed by atoms with van der Waals surface area (Å²) in [5.74, 6) is 0.686. The van der Waals surface area contributed by atoms with Crippen LogP contribution in [0.5, 0.6) is 5.75 Å². The maximum Gasteiger partial charge on any atom is 0.269 e. The van der Waals surface area contributed by atoms with Crippen LogP contribution in [-0.2, 0) is 0 Å². The van der Waals surface area contributed by atoms with Crippen LogP contribution < -0.4 is 9.64 Å². The zero-order chi connectivity index (χ0) is 19.4. The predicted molar refractivity (Wildman–Crippen MR) is 101 cm³/mol. The number of non-ortho nitro benzene ring substituents is 2. The van der Waals surface area contributed by atoms with Gasteiger partial charge < -0.3 is 9.64 Å². The zero-order valence-corrected chi connectivity index (χ0v) is 14.3. The number of ether oxygens (including phenoxy) is 1. The monoisotopic (exact) mass is 365 g/mol. The summed E-state index contributed by atoms with van der Waals surface area (Å²) in [6.45, 7) is 0. The third kappa shape index (κ3) is 3.84. The van der Waals surface area contributed by atoms with Gasteiger partial charge in [0.1, 0.15) is 5.75 Å². The lowest BCUT2D eigenvalue weighted by Gasteiger charge is -2.25. The number of hydrogen-bond acceptors (Lipinski definition) is 6. The average Bonchev–Trinajstić information content (AvgIpc) is 2.69. The molecule has 0 unspecified atom stereocenters. The van der Waals surface area contributed by atoms with Gasteiger partial charge >= 0.3 is 0 Å². The molecule has 0 aromatic heterocycles. The second-order valence-electron chi connectivity index (χ2n) is 5.58. The second-order valence-corrected chi connectivity index (χ2v) is 5.58. The van der Waals surface area contributed by atoms with Gasteiger partial charge in [0.15, 0.2) is 0 Å². The molecule has 0 heterocycles. The number of anilines is 3. The van der Waals surface area contributed by atoms with Crippen molar-refractivity contribution in [2.24, 2.45) is 0 Å². The smallest absolute Gasteiger partial charge is 0.269 e. The first kappa shape index (κ1) is 17.9. The van der Waals surface area contributed by atoms with E-state index < -0.39 is 9.85 Å². The van der Waals surface area contributed by atoms with Gasteiger partial charge in [0.25, 0.3) is 11.4 Å². The molecule has 27 heavy (non-hydrogen) atoms. The second kappa shape index (κ2) is 7.52. The topological polar surface area (TPSA) is 98.8 Å². The first-order valence-corrected chi connectivity index (χ1v) is 7.92. The van der Waals surface area contributed by atoms with Crippen LogP contribution in [0.4, 0.5) is 28.4 Å². The molecule has 0 aliphatic rings. The number of benzene rings is 3. The zero-order valence-electron chi connectivity index (χ0n) is 14.3. The molecule has 8 heteroatoms. The van der Waals surface area contributed by atoms with Gasteiger partial charge in [-0.05, 0) is 48.5 Å². The lowest BCUT2D eigenvalue weighted by molar-refractivity contribution is -0.385. The average molecular weight is 365 g/mol. The van der Waals surface area contributed by atoms with Crippen LogP contribution in [0.2, 0.25) is 0 Å². The van der Waals surface area contributed by atoms with Crippen LogP contribution in [0.3, 0.4) is 0 Å². The number of hydrogen-bond donors (Lipinski definition) is 0. The van der Waals surface area contributed by atoms with Gasteiger partial charge in [0.2, 0.25) is 0 Å². The van der Waals surface area contributed by atoms with Gasteiger partial charge in [-0.25, -0.2) is 0 Å². The summed E-state index contributed by atoms with van der Waals surface area (Å²) in [6.07, 6.45) is 0. The maximum atomic E-state index is 10.9. The SMILES string of the molecule is COc1ccc(N(c2ccc([N+](=O)[O-])cc2)c2ccc([N+](=O)[O-])cc2)cc1. The Morgan fingerprint density at radius 1 is 0.667 bits per heavy atom. The van der Waals surface area contributed by atoms with Crippen molar-refractivity contribution in [2.45, 2.75) is 0 Å². The Bertz CT molecular complexity index is 897. The van der Waals surface area contributed by atoms with Crippen molar-refractivity contribution in [1.29, 1.82) is 0 Å². The fourth-order valence-corrected chi connectivity index (χ4v) is 2.63. The molecule has 0 aliphatic heterocycles. The standard InChI is InChI=1S/C19H15N3O5/c1-27-19-12-10-16(11-13-19)20(14-2-6-17(7-3-14)21(23)24)15-4-8-18(9-5-15)22(25)26/h2-13H,1H3. The summed E-state index contributed by atoms with van der Waals surface area (Å²) in [7, 11) is 1.57. The van der Waals surface area contributed by atoms with E-state index in [1.807, 2.05) is 17.0 Å². The van der Waals surface area contributed by atoms with E-state index in [0.29, 0.717) is 17.1 Å². The van der Waals surface area contributed by atoms with Crippen molar-refractivity contribution < 1.29 is 14.6 Å². The summed E-state index contributed by atoms with van der Waals surface area (Å²) in [4.78, 5) is 22.7. The van der Waals surface area contributed by atoms with Gasteiger partial charge in [-0.15, -0.1) is 0 Å².